The second-order valence-electron chi connectivity index (χ2n) is 6.09. The molecule has 0 saturated heterocycles. The average Bonchev–Trinajstić information content (AvgIpc) is 2.93. The fourth-order valence-electron chi connectivity index (χ4n) is 2.56. The summed E-state index contributed by atoms with van der Waals surface area (Å²) in [5.41, 5.74) is 3.15. The van der Waals surface area contributed by atoms with Crippen molar-refractivity contribution in [3.8, 4) is 5.69 Å². The van der Waals surface area contributed by atoms with Crippen molar-refractivity contribution >= 4 is 29.1 Å². The van der Waals surface area contributed by atoms with Crippen molar-refractivity contribution in [1.82, 2.24) is 15.1 Å². The zero-order valence-electron chi connectivity index (χ0n) is 14.5. The van der Waals surface area contributed by atoms with Crippen LogP contribution in [0.5, 0.6) is 0 Å². The Hall–Kier alpha value is -1.52. The molecule has 130 valence electrons. The third-order valence-corrected chi connectivity index (χ3v) is 4.51. The van der Waals surface area contributed by atoms with Crippen LogP contribution in [0.15, 0.2) is 18.2 Å². The average molecular weight is 368 g/mol. The molecule has 0 aliphatic carbocycles. The maximum absolute atomic E-state index is 12.7. The molecule has 4 nitrogen and oxygen atoms in total. The number of halogens is 2. The van der Waals surface area contributed by atoms with E-state index in [1.165, 1.54) is 0 Å². The van der Waals surface area contributed by atoms with Gasteiger partial charge in [0.15, 0.2) is 0 Å². The smallest absolute Gasteiger partial charge is 0.255 e. The molecule has 24 heavy (non-hydrogen) atoms. The van der Waals surface area contributed by atoms with Crippen LogP contribution < -0.4 is 5.32 Å². The molecule has 0 bridgehead atoms. The van der Waals surface area contributed by atoms with Gasteiger partial charge in [0.2, 0.25) is 0 Å². The first-order valence-electron chi connectivity index (χ1n) is 8.23. The summed E-state index contributed by atoms with van der Waals surface area (Å²) >= 11 is 12.1. The molecule has 0 aliphatic rings. The van der Waals surface area contributed by atoms with E-state index in [0.717, 1.165) is 17.1 Å². The van der Waals surface area contributed by atoms with Gasteiger partial charge < -0.3 is 5.32 Å². The van der Waals surface area contributed by atoms with Gasteiger partial charge >= 0.3 is 0 Å². The van der Waals surface area contributed by atoms with E-state index < -0.39 is 0 Å². The molecule has 0 aliphatic heterocycles. The number of carbonyl (C=O) groups excluding carboxylic acids is 1. The molecule has 1 aromatic heterocycles. The second kappa shape index (κ2) is 8.04. The summed E-state index contributed by atoms with van der Waals surface area (Å²) in [6.45, 7) is 8.80. The molecule has 2 aromatic rings. The Labute approximate surface area is 153 Å². The maximum Gasteiger partial charge on any atom is 0.255 e. The van der Waals surface area contributed by atoms with Crippen LogP contribution in [0, 0.1) is 5.92 Å². The number of rotatable bonds is 6. The number of aryl methyl sites for hydroxylation is 1. The molecule has 0 fully saturated rings. The molecule has 1 N–H and O–H groups in total. The van der Waals surface area contributed by atoms with Crippen LogP contribution in [-0.4, -0.2) is 22.2 Å². The normalized spacial score (nSPS) is 11.1. The van der Waals surface area contributed by atoms with Crippen LogP contribution in [0.3, 0.4) is 0 Å². The summed E-state index contributed by atoms with van der Waals surface area (Å²) in [6, 6.07) is 5.37. The highest BCUT2D eigenvalue weighted by Crippen LogP contribution is 2.27. The minimum absolute atomic E-state index is 0.0660. The summed E-state index contributed by atoms with van der Waals surface area (Å²) in [7, 11) is 0. The lowest BCUT2D eigenvalue weighted by atomic mass is 10.1. The third-order valence-electron chi connectivity index (χ3n) is 3.77. The van der Waals surface area contributed by atoms with Gasteiger partial charge in [-0.15, -0.1) is 0 Å². The summed E-state index contributed by atoms with van der Waals surface area (Å²) in [5, 5.41) is 8.60. The summed E-state index contributed by atoms with van der Waals surface area (Å²) in [4.78, 5) is 12.7. The van der Waals surface area contributed by atoms with Crippen LogP contribution in [-0.2, 0) is 12.8 Å². The topological polar surface area (TPSA) is 46.9 Å². The van der Waals surface area contributed by atoms with Gasteiger partial charge in [-0.3, -0.25) is 4.79 Å². The van der Waals surface area contributed by atoms with E-state index in [4.69, 9.17) is 23.2 Å². The number of carbonyl (C=O) groups is 1. The maximum atomic E-state index is 12.7. The predicted octanol–water partition coefficient (Wildman–Crippen LogP) is 4.69. The SMILES string of the molecule is CCc1nn(-c2ccc(Cl)c(Cl)c2)c(CC)c1C(=O)NCC(C)C. The molecule has 0 saturated carbocycles. The van der Waals surface area contributed by atoms with Crippen molar-refractivity contribution in [3.05, 3.63) is 45.2 Å². The van der Waals surface area contributed by atoms with Crippen LogP contribution in [0.2, 0.25) is 10.0 Å². The largest absolute Gasteiger partial charge is 0.352 e. The summed E-state index contributed by atoms with van der Waals surface area (Å²) in [5.74, 6) is 0.331. The molecule has 1 heterocycles. The highest BCUT2D eigenvalue weighted by Gasteiger charge is 2.22. The fourth-order valence-corrected chi connectivity index (χ4v) is 2.85. The van der Waals surface area contributed by atoms with Gasteiger partial charge in [-0.05, 0) is 37.0 Å². The minimum Gasteiger partial charge on any atom is -0.352 e. The quantitative estimate of drug-likeness (QED) is 0.804. The predicted molar refractivity (Wildman–Crippen MR) is 99.5 cm³/mol. The Bertz CT molecular complexity index is 738. The second-order valence-corrected chi connectivity index (χ2v) is 6.90. The van der Waals surface area contributed by atoms with Gasteiger partial charge in [-0.1, -0.05) is 50.9 Å². The molecule has 2 rings (SSSR count). The van der Waals surface area contributed by atoms with Gasteiger partial charge in [-0.2, -0.15) is 5.10 Å². The lowest BCUT2D eigenvalue weighted by Crippen LogP contribution is -2.28. The highest BCUT2D eigenvalue weighted by molar-refractivity contribution is 6.42. The van der Waals surface area contributed by atoms with Crippen molar-refractivity contribution in [2.75, 3.05) is 6.54 Å². The van der Waals surface area contributed by atoms with E-state index in [9.17, 15) is 4.79 Å². The van der Waals surface area contributed by atoms with E-state index in [-0.39, 0.29) is 5.91 Å². The molecule has 6 heteroatoms. The zero-order valence-corrected chi connectivity index (χ0v) is 16.0. The number of aromatic nitrogens is 2. The van der Waals surface area contributed by atoms with Gasteiger partial charge in [0.25, 0.3) is 5.91 Å². The fraction of sp³-hybridized carbons (Fsp3) is 0.444. The van der Waals surface area contributed by atoms with Gasteiger partial charge in [0.05, 0.1) is 32.7 Å². The molecule has 1 amide bonds. The monoisotopic (exact) mass is 367 g/mol. The van der Waals surface area contributed by atoms with E-state index in [1.54, 1.807) is 16.8 Å². The molecular formula is C18H23Cl2N3O. The van der Waals surface area contributed by atoms with Crippen molar-refractivity contribution in [3.63, 3.8) is 0 Å². The van der Waals surface area contributed by atoms with E-state index >= 15 is 0 Å². The highest BCUT2D eigenvalue weighted by atomic mass is 35.5. The molecule has 0 radical (unpaired) electrons. The minimum atomic E-state index is -0.0660. The van der Waals surface area contributed by atoms with Crippen molar-refractivity contribution in [1.29, 1.82) is 0 Å². The third kappa shape index (κ3) is 3.93. The Balaban J connectivity index is 2.50. The Morgan fingerprint density at radius 1 is 1.21 bits per heavy atom. The van der Waals surface area contributed by atoms with Crippen LogP contribution in [0.1, 0.15) is 49.4 Å². The van der Waals surface area contributed by atoms with Crippen LogP contribution in [0.4, 0.5) is 0 Å². The molecule has 1 aromatic carbocycles. The molecular weight excluding hydrogens is 345 g/mol. The van der Waals surface area contributed by atoms with Gasteiger partial charge in [0.1, 0.15) is 0 Å². The van der Waals surface area contributed by atoms with E-state index in [1.807, 2.05) is 19.9 Å². The molecule has 0 spiro atoms. The standard InChI is InChI=1S/C18H23Cl2N3O/c1-5-15-17(18(24)21-10-11(3)4)16(6-2)23(22-15)12-7-8-13(19)14(20)9-12/h7-9,11H,5-6,10H2,1-4H3,(H,21,24). The lowest BCUT2D eigenvalue weighted by molar-refractivity contribution is 0.0947. The van der Waals surface area contributed by atoms with Gasteiger partial charge in [-0.25, -0.2) is 4.68 Å². The van der Waals surface area contributed by atoms with Gasteiger partial charge in [0, 0.05) is 6.54 Å². The number of nitrogens with zero attached hydrogens (tertiary/aromatic N) is 2. The van der Waals surface area contributed by atoms with Crippen molar-refractivity contribution in [2.24, 2.45) is 5.92 Å². The van der Waals surface area contributed by atoms with Crippen LogP contribution in [0.25, 0.3) is 5.69 Å². The van der Waals surface area contributed by atoms with Crippen molar-refractivity contribution in [2.45, 2.75) is 40.5 Å². The van der Waals surface area contributed by atoms with E-state index in [0.29, 0.717) is 40.9 Å². The molecule has 0 unspecified atom stereocenters. The Kier molecular flexibility index (Phi) is 6.30. The number of nitrogens with one attached hydrogen (secondary N) is 1. The lowest BCUT2D eigenvalue weighted by Gasteiger charge is -2.10. The molecule has 0 atom stereocenters. The first-order chi connectivity index (χ1) is 11.4. The summed E-state index contributed by atoms with van der Waals surface area (Å²) in [6.07, 6.45) is 1.38. The van der Waals surface area contributed by atoms with Crippen molar-refractivity contribution < 1.29 is 4.79 Å². The number of amides is 1. The summed E-state index contributed by atoms with van der Waals surface area (Å²) < 4.78 is 1.80. The number of benzene rings is 1. The first-order valence-corrected chi connectivity index (χ1v) is 8.98. The number of hydrogen-bond acceptors (Lipinski definition) is 2. The Morgan fingerprint density at radius 3 is 2.46 bits per heavy atom. The van der Waals surface area contributed by atoms with E-state index in [2.05, 4.69) is 24.3 Å². The Morgan fingerprint density at radius 2 is 1.92 bits per heavy atom. The first kappa shape index (κ1) is 18.8. The number of hydrogen-bond donors (Lipinski definition) is 1. The zero-order chi connectivity index (χ0) is 17.9. The van der Waals surface area contributed by atoms with Crippen LogP contribution >= 0.6 is 23.2 Å².